The van der Waals surface area contributed by atoms with Crippen molar-refractivity contribution in [2.75, 3.05) is 30.6 Å². The van der Waals surface area contributed by atoms with Crippen LogP contribution in [0.2, 0.25) is 0 Å². The first-order valence-corrected chi connectivity index (χ1v) is 6.43. The summed E-state index contributed by atoms with van der Waals surface area (Å²) in [7, 11) is 0. The highest BCUT2D eigenvalue weighted by atomic mass is 35.5. The van der Waals surface area contributed by atoms with E-state index < -0.39 is 12.8 Å². The molecule has 1 unspecified atom stereocenters. The van der Waals surface area contributed by atoms with Gasteiger partial charge in [0.15, 0.2) is 0 Å². The molecule has 1 nitrogen and oxygen atoms in total. The van der Waals surface area contributed by atoms with Crippen LogP contribution in [0.3, 0.4) is 0 Å². The van der Waals surface area contributed by atoms with Crippen LogP contribution in [0.5, 0.6) is 0 Å². The van der Waals surface area contributed by atoms with Gasteiger partial charge in [-0.25, -0.2) is 0 Å². The van der Waals surface area contributed by atoms with Gasteiger partial charge in [0.05, 0.1) is 0 Å². The highest BCUT2D eigenvalue weighted by Crippen LogP contribution is 2.15. The third-order valence-corrected chi connectivity index (χ3v) is 3.42. The van der Waals surface area contributed by atoms with Crippen LogP contribution in [0.4, 0.5) is 13.2 Å². The predicted octanol–water partition coefficient (Wildman–Crippen LogP) is 3.56. The lowest BCUT2D eigenvalue weighted by atomic mass is 10.3. The molecule has 92 valence electrons. The first-order valence-electron chi connectivity index (χ1n) is 4.74. The van der Waals surface area contributed by atoms with Gasteiger partial charge in [-0.1, -0.05) is 6.92 Å². The Balaban J connectivity index is 3.12. The van der Waals surface area contributed by atoms with E-state index in [1.54, 1.807) is 11.8 Å². The van der Waals surface area contributed by atoms with Crippen LogP contribution in [0.1, 0.15) is 13.3 Å². The van der Waals surface area contributed by atoms with Gasteiger partial charge in [0.25, 0.3) is 0 Å². The molecule has 0 bridgehead atoms. The maximum atomic E-state index is 11.6. The summed E-state index contributed by atoms with van der Waals surface area (Å²) in [6.07, 6.45) is -3.56. The Morgan fingerprint density at radius 2 is 2.07 bits per heavy atom. The van der Waals surface area contributed by atoms with E-state index in [0.29, 0.717) is 18.2 Å². The summed E-state index contributed by atoms with van der Waals surface area (Å²) in [6.45, 7) is 1.07. The smallest absolute Gasteiger partial charge is 0.372 e. The molecule has 0 aliphatic carbocycles. The summed E-state index contributed by atoms with van der Waals surface area (Å²) >= 11 is 7.30. The van der Waals surface area contributed by atoms with E-state index in [1.165, 1.54) is 0 Å². The van der Waals surface area contributed by atoms with Gasteiger partial charge in [-0.3, -0.25) is 0 Å². The molecule has 0 N–H and O–H groups in total. The topological polar surface area (TPSA) is 9.23 Å². The Bertz CT molecular complexity index is 155. The highest BCUT2D eigenvalue weighted by Gasteiger charge is 2.27. The second-order valence-corrected chi connectivity index (χ2v) is 4.81. The Kier molecular flexibility index (Phi) is 8.75. The molecule has 15 heavy (non-hydrogen) atoms. The zero-order valence-electron chi connectivity index (χ0n) is 8.65. The number of halogens is 4. The zero-order chi connectivity index (χ0) is 11.7. The number of hydrogen-bond acceptors (Lipinski definition) is 2. The first kappa shape index (κ1) is 15.4. The summed E-state index contributed by atoms with van der Waals surface area (Å²) in [6, 6.07) is 0. The average Bonchev–Trinajstić information content (AvgIpc) is 2.14. The van der Waals surface area contributed by atoms with Gasteiger partial charge >= 0.3 is 6.18 Å². The molecule has 0 aromatic rings. The molecule has 6 heteroatoms. The summed E-state index contributed by atoms with van der Waals surface area (Å²) < 4.78 is 39.4. The van der Waals surface area contributed by atoms with Crippen LogP contribution < -0.4 is 0 Å². The number of thioether (sulfide) groups is 1. The van der Waals surface area contributed by atoms with Crippen molar-refractivity contribution in [1.29, 1.82) is 0 Å². The standard InChI is InChI=1S/C9H16ClF3OS/c1-8(5-10)6-15-4-2-3-14-7-9(11,12)13/h8H,2-7H2,1H3. The van der Waals surface area contributed by atoms with Crippen molar-refractivity contribution in [3.63, 3.8) is 0 Å². The largest absolute Gasteiger partial charge is 0.411 e. The van der Waals surface area contributed by atoms with Crippen molar-refractivity contribution in [3.05, 3.63) is 0 Å². The molecule has 0 aliphatic rings. The van der Waals surface area contributed by atoms with E-state index in [2.05, 4.69) is 4.74 Å². The van der Waals surface area contributed by atoms with Gasteiger partial charge in [0, 0.05) is 12.5 Å². The normalized spacial score (nSPS) is 14.2. The summed E-state index contributed by atoms with van der Waals surface area (Å²) in [4.78, 5) is 0. The molecular weight excluding hydrogens is 249 g/mol. The van der Waals surface area contributed by atoms with Crippen molar-refractivity contribution in [2.24, 2.45) is 5.92 Å². The Labute approximate surface area is 97.7 Å². The highest BCUT2D eigenvalue weighted by molar-refractivity contribution is 7.99. The summed E-state index contributed by atoms with van der Waals surface area (Å²) in [5, 5.41) is 0. The summed E-state index contributed by atoms with van der Waals surface area (Å²) in [5.41, 5.74) is 0. The Morgan fingerprint density at radius 3 is 2.60 bits per heavy atom. The van der Waals surface area contributed by atoms with Gasteiger partial charge in [0.2, 0.25) is 0 Å². The van der Waals surface area contributed by atoms with Crippen LogP contribution in [0, 0.1) is 5.92 Å². The van der Waals surface area contributed by atoms with Gasteiger partial charge in [0.1, 0.15) is 6.61 Å². The predicted molar refractivity (Wildman–Crippen MR) is 58.7 cm³/mol. The fourth-order valence-electron chi connectivity index (χ4n) is 0.780. The van der Waals surface area contributed by atoms with E-state index in [0.717, 1.165) is 11.5 Å². The van der Waals surface area contributed by atoms with Crippen LogP contribution >= 0.6 is 23.4 Å². The van der Waals surface area contributed by atoms with Gasteiger partial charge < -0.3 is 4.74 Å². The minimum atomic E-state index is -4.21. The number of alkyl halides is 4. The Morgan fingerprint density at radius 1 is 1.40 bits per heavy atom. The first-order chi connectivity index (χ1) is 6.95. The van der Waals surface area contributed by atoms with Gasteiger partial charge in [-0.2, -0.15) is 24.9 Å². The minimum absolute atomic E-state index is 0.168. The lowest BCUT2D eigenvalue weighted by molar-refractivity contribution is -0.173. The molecule has 0 rings (SSSR count). The molecule has 0 saturated carbocycles. The SMILES string of the molecule is CC(CCl)CSCCCOCC(F)(F)F. The second kappa shape index (κ2) is 8.53. The molecule has 0 heterocycles. The quantitative estimate of drug-likeness (QED) is 0.490. The van der Waals surface area contributed by atoms with Crippen molar-refractivity contribution in [1.82, 2.24) is 0 Å². The minimum Gasteiger partial charge on any atom is -0.372 e. The van der Waals surface area contributed by atoms with E-state index in [9.17, 15) is 13.2 Å². The summed E-state index contributed by atoms with van der Waals surface area (Å²) in [5.74, 6) is 2.84. The van der Waals surface area contributed by atoms with Crippen LogP contribution in [0.15, 0.2) is 0 Å². The van der Waals surface area contributed by atoms with E-state index in [1.807, 2.05) is 6.92 Å². The fraction of sp³-hybridized carbons (Fsp3) is 1.00. The number of ether oxygens (including phenoxy) is 1. The van der Waals surface area contributed by atoms with Crippen molar-refractivity contribution in [3.8, 4) is 0 Å². The van der Waals surface area contributed by atoms with E-state index in [4.69, 9.17) is 11.6 Å². The maximum absolute atomic E-state index is 11.6. The van der Waals surface area contributed by atoms with Crippen molar-refractivity contribution in [2.45, 2.75) is 19.5 Å². The molecule has 0 amide bonds. The van der Waals surface area contributed by atoms with Crippen LogP contribution in [-0.2, 0) is 4.74 Å². The van der Waals surface area contributed by atoms with Crippen LogP contribution in [0.25, 0.3) is 0 Å². The third-order valence-electron chi connectivity index (χ3n) is 1.51. The fourth-order valence-corrected chi connectivity index (χ4v) is 2.03. The zero-order valence-corrected chi connectivity index (χ0v) is 10.2. The molecule has 0 radical (unpaired) electrons. The lowest BCUT2D eigenvalue weighted by Gasteiger charge is -2.08. The molecule has 0 spiro atoms. The molecule has 0 saturated heterocycles. The molecule has 1 atom stereocenters. The van der Waals surface area contributed by atoms with E-state index in [-0.39, 0.29) is 6.61 Å². The molecule has 0 fully saturated rings. The van der Waals surface area contributed by atoms with Crippen molar-refractivity contribution >= 4 is 23.4 Å². The van der Waals surface area contributed by atoms with Gasteiger partial charge in [-0.15, -0.1) is 11.6 Å². The van der Waals surface area contributed by atoms with Crippen molar-refractivity contribution < 1.29 is 17.9 Å². The number of rotatable bonds is 8. The third kappa shape index (κ3) is 12.3. The average molecular weight is 265 g/mol. The van der Waals surface area contributed by atoms with E-state index >= 15 is 0 Å². The molecule has 0 aromatic heterocycles. The monoisotopic (exact) mass is 264 g/mol. The maximum Gasteiger partial charge on any atom is 0.411 e. The molecule has 0 aromatic carbocycles. The lowest BCUT2D eigenvalue weighted by Crippen LogP contribution is -2.17. The number of hydrogen-bond donors (Lipinski definition) is 0. The van der Waals surface area contributed by atoms with Crippen LogP contribution in [-0.4, -0.2) is 36.8 Å². The molecule has 0 aliphatic heterocycles. The van der Waals surface area contributed by atoms with Gasteiger partial charge in [-0.05, 0) is 23.8 Å². The second-order valence-electron chi connectivity index (χ2n) is 3.36. The Hall–Kier alpha value is 0.390. The molecular formula is C9H16ClF3OS.